The van der Waals surface area contributed by atoms with E-state index in [2.05, 4.69) is 0 Å². The first kappa shape index (κ1) is 13.5. The SMILES string of the molecule is CN(CC1CCC1)C(=O)c1cc(F)ccc1[N+](=O)[O-]. The van der Waals surface area contributed by atoms with E-state index in [0.29, 0.717) is 12.5 Å². The number of hydrogen-bond acceptors (Lipinski definition) is 3. The van der Waals surface area contributed by atoms with Gasteiger partial charge in [0.05, 0.1) is 4.92 Å². The van der Waals surface area contributed by atoms with E-state index in [0.717, 1.165) is 37.5 Å². The highest BCUT2D eigenvalue weighted by Gasteiger charge is 2.26. The Balaban J connectivity index is 2.21. The molecule has 19 heavy (non-hydrogen) atoms. The van der Waals surface area contributed by atoms with Gasteiger partial charge >= 0.3 is 0 Å². The van der Waals surface area contributed by atoms with Crippen LogP contribution in [0.25, 0.3) is 0 Å². The van der Waals surface area contributed by atoms with Crippen molar-refractivity contribution in [1.29, 1.82) is 0 Å². The summed E-state index contributed by atoms with van der Waals surface area (Å²) in [6, 6.07) is 2.94. The molecule has 0 atom stereocenters. The van der Waals surface area contributed by atoms with Crippen LogP contribution in [-0.4, -0.2) is 29.3 Å². The Morgan fingerprint density at radius 1 is 1.53 bits per heavy atom. The molecule has 0 heterocycles. The fraction of sp³-hybridized carbons (Fsp3) is 0.462. The smallest absolute Gasteiger partial charge is 0.282 e. The average Bonchev–Trinajstić information content (AvgIpc) is 2.32. The zero-order chi connectivity index (χ0) is 14.0. The second-order valence-corrected chi connectivity index (χ2v) is 4.90. The Morgan fingerprint density at radius 2 is 2.21 bits per heavy atom. The van der Waals surface area contributed by atoms with E-state index in [1.807, 2.05) is 0 Å². The molecule has 5 nitrogen and oxygen atoms in total. The van der Waals surface area contributed by atoms with Gasteiger partial charge in [-0.3, -0.25) is 14.9 Å². The minimum Gasteiger partial charge on any atom is -0.341 e. The lowest BCUT2D eigenvalue weighted by Crippen LogP contribution is -2.34. The number of amides is 1. The molecule has 1 aromatic carbocycles. The topological polar surface area (TPSA) is 63.5 Å². The van der Waals surface area contributed by atoms with Crippen molar-refractivity contribution in [2.75, 3.05) is 13.6 Å². The molecule has 6 heteroatoms. The molecule has 1 saturated carbocycles. The third kappa shape index (κ3) is 2.89. The zero-order valence-corrected chi connectivity index (χ0v) is 10.6. The normalized spacial score (nSPS) is 14.8. The summed E-state index contributed by atoms with van der Waals surface area (Å²) in [6.07, 6.45) is 3.30. The number of hydrogen-bond donors (Lipinski definition) is 0. The molecule has 0 bridgehead atoms. The van der Waals surface area contributed by atoms with E-state index in [1.54, 1.807) is 7.05 Å². The number of halogens is 1. The molecule has 2 rings (SSSR count). The quantitative estimate of drug-likeness (QED) is 0.621. The summed E-state index contributed by atoms with van der Waals surface area (Å²) in [5.41, 5.74) is -0.543. The Morgan fingerprint density at radius 3 is 2.74 bits per heavy atom. The van der Waals surface area contributed by atoms with Gasteiger partial charge in [-0.15, -0.1) is 0 Å². The highest BCUT2D eigenvalue weighted by atomic mass is 19.1. The van der Waals surface area contributed by atoms with Crippen LogP contribution in [0.5, 0.6) is 0 Å². The van der Waals surface area contributed by atoms with Crippen LogP contribution in [0.2, 0.25) is 0 Å². The van der Waals surface area contributed by atoms with Crippen molar-refractivity contribution in [2.45, 2.75) is 19.3 Å². The minimum absolute atomic E-state index is 0.188. The molecule has 0 spiro atoms. The van der Waals surface area contributed by atoms with E-state index in [4.69, 9.17) is 0 Å². The Hall–Kier alpha value is -1.98. The minimum atomic E-state index is -0.663. The second-order valence-electron chi connectivity index (χ2n) is 4.90. The molecule has 1 aliphatic rings. The van der Waals surface area contributed by atoms with Gasteiger partial charge in [0.15, 0.2) is 0 Å². The van der Waals surface area contributed by atoms with Crippen molar-refractivity contribution < 1.29 is 14.1 Å². The van der Waals surface area contributed by atoms with E-state index in [1.165, 1.54) is 4.90 Å². The van der Waals surface area contributed by atoms with Crippen molar-refractivity contribution in [3.8, 4) is 0 Å². The number of rotatable bonds is 4. The van der Waals surface area contributed by atoms with E-state index in [9.17, 15) is 19.3 Å². The monoisotopic (exact) mass is 266 g/mol. The van der Waals surface area contributed by atoms with Gasteiger partial charge in [-0.05, 0) is 30.9 Å². The Labute approximate surface area is 110 Å². The standard InChI is InChI=1S/C13H15FN2O3/c1-15(8-9-3-2-4-9)13(17)11-7-10(14)5-6-12(11)16(18)19/h5-7,9H,2-4,8H2,1H3. The van der Waals surface area contributed by atoms with E-state index >= 15 is 0 Å². The molecule has 1 aliphatic carbocycles. The van der Waals surface area contributed by atoms with Gasteiger partial charge in [-0.2, -0.15) is 0 Å². The van der Waals surface area contributed by atoms with Crippen molar-refractivity contribution >= 4 is 11.6 Å². The summed E-state index contributed by atoms with van der Waals surface area (Å²) >= 11 is 0. The fourth-order valence-corrected chi connectivity index (χ4v) is 2.19. The van der Waals surface area contributed by atoms with E-state index < -0.39 is 16.6 Å². The average molecular weight is 266 g/mol. The third-order valence-corrected chi connectivity index (χ3v) is 3.49. The molecular weight excluding hydrogens is 251 g/mol. The lowest BCUT2D eigenvalue weighted by atomic mass is 9.85. The largest absolute Gasteiger partial charge is 0.341 e. The molecule has 0 aliphatic heterocycles. The lowest BCUT2D eigenvalue weighted by molar-refractivity contribution is -0.385. The summed E-state index contributed by atoms with van der Waals surface area (Å²) in [6.45, 7) is 0.562. The van der Waals surface area contributed by atoms with Gasteiger partial charge in [-0.25, -0.2) is 4.39 Å². The molecule has 0 saturated heterocycles. The number of nitrogens with zero attached hydrogens (tertiary/aromatic N) is 2. The fourth-order valence-electron chi connectivity index (χ4n) is 2.19. The van der Waals surface area contributed by atoms with Crippen molar-refractivity contribution in [2.24, 2.45) is 5.92 Å². The van der Waals surface area contributed by atoms with Crippen LogP contribution in [0.3, 0.4) is 0 Å². The number of benzene rings is 1. The molecule has 0 aromatic heterocycles. The lowest BCUT2D eigenvalue weighted by Gasteiger charge is -2.30. The van der Waals surface area contributed by atoms with Crippen LogP contribution >= 0.6 is 0 Å². The van der Waals surface area contributed by atoms with Crippen LogP contribution in [-0.2, 0) is 0 Å². The molecular formula is C13H15FN2O3. The van der Waals surface area contributed by atoms with Crippen LogP contribution in [0.15, 0.2) is 18.2 Å². The second kappa shape index (κ2) is 5.34. The maximum absolute atomic E-state index is 13.2. The molecule has 0 N–H and O–H groups in total. The third-order valence-electron chi connectivity index (χ3n) is 3.49. The van der Waals surface area contributed by atoms with Crippen molar-refractivity contribution in [3.63, 3.8) is 0 Å². The molecule has 1 aromatic rings. The summed E-state index contributed by atoms with van der Waals surface area (Å²) in [7, 11) is 1.59. The van der Waals surface area contributed by atoms with Gasteiger partial charge in [0.2, 0.25) is 0 Å². The van der Waals surface area contributed by atoms with Gasteiger partial charge in [0.1, 0.15) is 11.4 Å². The van der Waals surface area contributed by atoms with E-state index in [-0.39, 0.29) is 11.3 Å². The van der Waals surface area contributed by atoms with Crippen LogP contribution < -0.4 is 0 Å². The molecule has 0 radical (unpaired) electrons. The molecule has 0 unspecified atom stereocenters. The molecule has 1 fully saturated rings. The van der Waals surface area contributed by atoms with Crippen LogP contribution in [0.1, 0.15) is 29.6 Å². The Kier molecular flexibility index (Phi) is 3.78. The number of carbonyl (C=O) groups is 1. The summed E-state index contributed by atoms with van der Waals surface area (Å²) < 4.78 is 13.2. The zero-order valence-electron chi connectivity index (χ0n) is 10.6. The molecule has 102 valence electrons. The summed E-state index contributed by atoms with van der Waals surface area (Å²) in [5.74, 6) is -0.689. The maximum atomic E-state index is 13.2. The maximum Gasteiger partial charge on any atom is 0.282 e. The van der Waals surface area contributed by atoms with Gasteiger partial charge in [-0.1, -0.05) is 6.42 Å². The molecule has 1 amide bonds. The van der Waals surface area contributed by atoms with Gasteiger partial charge in [0.25, 0.3) is 11.6 Å². The first-order valence-electron chi connectivity index (χ1n) is 6.18. The van der Waals surface area contributed by atoms with Crippen molar-refractivity contribution in [3.05, 3.63) is 39.7 Å². The first-order chi connectivity index (χ1) is 8.99. The predicted molar refractivity (Wildman–Crippen MR) is 67.4 cm³/mol. The van der Waals surface area contributed by atoms with Crippen LogP contribution in [0, 0.1) is 21.8 Å². The van der Waals surface area contributed by atoms with Gasteiger partial charge < -0.3 is 4.90 Å². The number of carbonyl (C=O) groups excluding carboxylic acids is 1. The highest BCUT2D eigenvalue weighted by molar-refractivity contribution is 5.98. The predicted octanol–water partition coefficient (Wildman–Crippen LogP) is 2.61. The van der Waals surface area contributed by atoms with Crippen molar-refractivity contribution in [1.82, 2.24) is 4.90 Å². The van der Waals surface area contributed by atoms with Crippen LogP contribution in [0.4, 0.5) is 10.1 Å². The van der Waals surface area contributed by atoms with Gasteiger partial charge in [0, 0.05) is 19.7 Å². The number of nitro benzene ring substituents is 1. The highest BCUT2D eigenvalue weighted by Crippen LogP contribution is 2.28. The summed E-state index contributed by atoms with van der Waals surface area (Å²) in [5, 5.41) is 10.9. The summed E-state index contributed by atoms with van der Waals surface area (Å²) in [4.78, 5) is 23.8. The Bertz CT molecular complexity index is 515. The first-order valence-corrected chi connectivity index (χ1v) is 6.18. The number of nitro groups is 1.